The van der Waals surface area contributed by atoms with E-state index in [0.29, 0.717) is 11.7 Å². The molecule has 6 heteroatoms. The number of H-pyrrole nitrogens is 1. The first kappa shape index (κ1) is 12.4. The molecule has 1 saturated heterocycles. The predicted octanol–water partition coefficient (Wildman–Crippen LogP) is 1.29. The van der Waals surface area contributed by atoms with Crippen LogP contribution in [0.4, 0.5) is 5.82 Å². The van der Waals surface area contributed by atoms with Crippen LogP contribution in [0.2, 0.25) is 5.02 Å². The number of hydrogen-bond donors (Lipinski definition) is 1. The molecule has 1 aliphatic heterocycles. The van der Waals surface area contributed by atoms with E-state index in [1.807, 2.05) is 11.9 Å². The smallest absolute Gasteiger partial charge is 0.271 e. The highest BCUT2D eigenvalue weighted by Crippen LogP contribution is 2.20. The molecule has 0 bridgehead atoms. The number of nitrogens with zero attached hydrogens (tertiary/aromatic N) is 2. The van der Waals surface area contributed by atoms with Gasteiger partial charge < -0.3 is 14.6 Å². The first-order valence-electron chi connectivity index (χ1n) is 5.70. The third-order valence-corrected chi connectivity index (χ3v) is 3.27. The lowest BCUT2D eigenvalue weighted by molar-refractivity contribution is 0.0576. The Morgan fingerprint density at radius 2 is 2.53 bits per heavy atom. The Kier molecular flexibility index (Phi) is 4.02. The average molecular weight is 258 g/mol. The third kappa shape index (κ3) is 2.98. The molecule has 1 aliphatic rings. The molecule has 1 N–H and O–H groups in total. The number of ether oxygens (including phenoxy) is 1. The van der Waals surface area contributed by atoms with E-state index >= 15 is 0 Å². The van der Waals surface area contributed by atoms with Crippen LogP contribution in [0.1, 0.15) is 12.8 Å². The molecule has 1 unspecified atom stereocenters. The summed E-state index contributed by atoms with van der Waals surface area (Å²) in [6, 6.07) is 0. The van der Waals surface area contributed by atoms with Gasteiger partial charge in [0.2, 0.25) is 0 Å². The summed E-state index contributed by atoms with van der Waals surface area (Å²) in [7, 11) is 1.89. The van der Waals surface area contributed by atoms with Gasteiger partial charge >= 0.3 is 0 Å². The molecular formula is C11H16ClN3O2. The number of aromatic amines is 1. The summed E-state index contributed by atoms with van der Waals surface area (Å²) in [5.41, 5.74) is -0.302. The largest absolute Gasteiger partial charge is 0.381 e. The molecule has 0 aliphatic carbocycles. The Labute approximate surface area is 105 Å². The SMILES string of the molecule is CN(CC1CCCOC1)c1nc[nH]c(=O)c1Cl. The van der Waals surface area contributed by atoms with Crippen molar-refractivity contribution in [3.8, 4) is 0 Å². The predicted molar refractivity (Wildman–Crippen MR) is 66.7 cm³/mol. The maximum atomic E-state index is 11.4. The van der Waals surface area contributed by atoms with Gasteiger partial charge in [-0.2, -0.15) is 0 Å². The maximum absolute atomic E-state index is 11.4. The summed E-state index contributed by atoms with van der Waals surface area (Å²) in [5.74, 6) is 1.01. The van der Waals surface area contributed by atoms with E-state index in [2.05, 4.69) is 9.97 Å². The van der Waals surface area contributed by atoms with Crippen LogP contribution in [0.15, 0.2) is 11.1 Å². The Morgan fingerprint density at radius 1 is 1.71 bits per heavy atom. The molecule has 2 heterocycles. The summed E-state index contributed by atoms with van der Waals surface area (Å²) in [6.07, 6.45) is 3.61. The van der Waals surface area contributed by atoms with Crippen LogP contribution in [0.3, 0.4) is 0 Å². The minimum Gasteiger partial charge on any atom is -0.381 e. The molecular weight excluding hydrogens is 242 g/mol. The molecule has 0 saturated carbocycles. The van der Waals surface area contributed by atoms with Gasteiger partial charge in [-0.15, -0.1) is 0 Å². The zero-order chi connectivity index (χ0) is 12.3. The third-order valence-electron chi connectivity index (χ3n) is 2.93. The van der Waals surface area contributed by atoms with Crippen molar-refractivity contribution < 1.29 is 4.74 Å². The Bertz CT molecular complexity index is 429. The lowest BCUT2D eigenvalue weighted by Crippen LogP contribution is -2.32. The Hall–Kier alpha value is -1.07. The molecule has 0 radical (unpaired) electrons. The summed E-state index contributed by atoms with van der Waals surface area (Å²) in [4.78, 5) is 19.8. The minimum absolute atomic E-state index is 0.145. The van der Waals surface area contributed by atoms with E-state index in [1.165, 1.54) is 6.33 Å². The average Bonchev–Trinajstić information content (AvgIpc) is 2.34. The molecule has 0 amide bonds. The second-order valence-corrected chi connectivity index (χ2v) is 4.71. The van der Waals surface area contributed by atoms with E-state index < -0.39 is 0 Å². The molecule has 0 aromatic carbocycles. The highest BCUT2D eigenvalue weighted by atomic mass is 35.5. The van der Waals surface area contributed by atoms with Crippen LogP contribution >= 0.6 is 11.6 Å². The summed E-state index contributed by atoms with van der Waals surface area (Å²) in [5, 5.41) is 0.145. The minimum atomic E-state index is -0.302. The van der Waals surface area contributed by atoms with Gasteiger partial charge in [-0.3, -0.25) is 4.79 Å². The van der Waals surface area contributed by atoms with E-state index in [-0.39, 0.29) is 10.6 Å². The van der Waals surface area contributed by atoms with Crippen LogP contribution in [0, 0.1) is 5.92 Å². The Morgan fingerprint density at radius 3 is 3.24 bits per heavy atom. The van der Waals surface area contributed by atoms with Crippen LogP contribution in [-0.4, -0.2) is 36.8 Å². The van der Waals surface area contributed by atoms with Crippen LogP contribution in [0.25, 0.3) is 0 Å². The monoisotopic (exact) mass is 257 g/mol. The van der Waals surface area contributed by atoms with Crippen molar-refractivity contribution in [2.45, 2.75) is 12.8 Å². The topological polar surface area (TPSA) is 58.2 Å². The molecule has 1 fully saturated rings. The van der Waals surface area contributed by atoms with E-state index in [9.17, 15) is 4.79 Å². The number of hydrogen-bond acceptors (Lipinski definition) is 4. The zero-order valence-electron chi connectivity index (χ0n) is 9.78. The van der Waals surface area contributed by atoms with Crippen molar-refractivity contribution in [3.05, 3.63) is 21.7 Å². The lowest BCUT2D eigenvalue weighted by Gasteiger charge is -2.27. The van der Waals surface area contributed by atoms with Crippen molar-refractivity contribution >= 4 is 17.4 Å². The highest BCUT2D eigenvalue weighted by Gasteiger charge is 2.18. The van der Waals surface area contributed by atoms with Gasteiger partial charge in [0.15, 0.2) is 5.82 Å². The summed E-state index contributed by atoms with van der Waals surface area (Å²) >= 11 is 5.93. The van der Waals surface area contributed by atoms with E-state index in [0.717, 1.165) is 32.6 Å². The molecule has 1 atom stereocenters. The van der Waals surface area contributed by atoms with Gasteiger partial charge in [-0.1, -0.05) is 11.6 Å². The van der Waals surface area contributed by atoms with Crippen LogP contribution in [0.5, 0.6) is 0 Å². The van der Waals surface area contributed by atoms with Gasteiger partial charge in [0.1, 0.15) is 5.02 Å². The standard InChI is InChI=1S/C11H16ClN3O2/c1-15(5-8-3-2-4-17-6-8)10-9(12)11(16)14-7-13-10/h7-8H,2-6H2,1H3,(H,13,14,16). The molecule has 1 aromatic rings. The van der Waals surface area contributed by atoms with Gasteiger partial charge in [-0.05, 0) is 18.8 Å². The van der Waals surface area contributed by atoms with E-state index in [4.69, 9.17) is 16.3 Å². The first-order chi connectivity index (χ1) is 8.18. The van der Waals surface area contributed by atoms with Crippen molar-refractivity contribution in [3.63, 3.8) is 0 Å². The fraction of sp³-hybridized carbons (Fsp3) is 0.636. The summed E-state index contributed by atoms with van der Waals surface area (Å²) in [6.45, 7) is 2.42. The molecule has 17 heavy (non-hydrogen) atoms. The number of rotatable bonds is 3. The van der Waals surface area contributed by atoms with Crippen molar-refractivity contribution in [2.75, 3.05) is 31.7 Å². The van der Waals surface area contributed by atoms with Crippen LogP contribution < -0.4 is 10.5 Å². The van der Waals surface area contributed by atoms with Crippen LogP contribution in [-0.2, 0) is 4.74 Å². The second kappa shape index (κ2) is 5.51. The molecule has 0 spiro atoms. The number of nitrogens with one attached hydrogen (secondary N) is 1. The van der Waals surface area contributed by atoms with Crippen molar-refractivity contribution in [2.24, 2.45) is 5.92 Å². The maximum Gasteiger partial charge on any atom is 0.271 e. The van der Waals surface area contributed by atoms with Gasteiger partial charge in [0, 0.05) is 20.2 Å². The van der Waals surface area contributed by atoms with Crippen molar-refractivity contribution in [1.82, 2.24) is 9.97 Å². The molecule has 5 nitrogen and oxygen atoms in total. The first-order valence-corrected chi connectivity index (χ1v) is 6.08. The highest BCUT2D eigenvalue weighted by molar-refractivity contribution is 6.32. The molecule has 2 rings (SSSR count). The molecule has 94 valence electrons. The number of anilines is 1. The summed E-state index contributed by atoms with van der Waals surface area (Å²) < 4.78 is 5.42. The normalized spacial score (nSPS) is 20.2. The van der Waals surface area contributed by atoms with Gasteiger partial charge in [0.05, 0.1) is 12.9 Å². The number of halogens is 1. The fourth-order valence-corrected chi connectivity index (χ4v) is 2.31. The molecule has 1 aromatic heterocycles. The fourth-order valence-electron chi connectivity index (χ4n) is 2.06. The second-order valence-electron chi connectivity index (χ2n) is 4.33. The number of aromatic nitrogens is 2. The quantitative estimate of drug-likeness (QED) is 0.886. The van der Waals surface area contributed by atoms with Gasteiger partial charge in [0.25, 0.3) is 5.56 Å². The lowest BCUT2D eigenvalue weighted by atomic mass is 10.0. The zero-order valence-corrected chi connectivity index (χ0v) is 10.5. The Balaban J connectivity index is 2.06. The van der Waals surface area contributed by atoms with Gasteiger partial charge in [-0.25, -0.2) is 4.98 Å². The van der Waals surface area contributed by atoms with Crippen molar-refractivity contribution in [1.29, 1.82) is 0 Å². The van der Waals surface area contributed by atoms with E-state index in [1.54, 1.807) is 0 Å².